The molecule has 3 N–H and O–H groups in total. The normalized spacial score (nSPS) is 14.4. The van der Waals surface area contributed by atoms with E-state index in [1.807, 2.05) is 6.92 Å². The number of thiophene rings is 1. The standard InChI is InChI=1S/C13H22BrN3OS/c1-4-5-17(7-12(18)16-3)13(9(2)15)11-6-10(14)8-19-11/h6,8-9,13H,4-5,7,15H2,1-3H3,(H,16,18). The van der Waals surface area contributed by atoms with Crippen molar-refractivity contribution in [2.45, 2.75) is 32.4 Å². The molecule has 1 aromatic heterocycles. The van der Waals surface area contributed by atoms with E-state index in [1.54, 1.807) is 18.4 Å². The second-order valence-electron chi connectivity index (χ2n) is 4.61. The molecule has 6 heteroatoms. The van der Waals surface area contributed by atoms with Gasteiger partial charge in [-0.05, 0) is 41.9 Å². The summed E-state index contributed by atoms with van der Waals surface area (Å²) in [6.45, 7) is 5.34. The van der Waals surface area contributed by atoms with Gasteiger partial charge in [-0.1, -0.05) is 6.92 Å². The van der Waals surface area contributed by atoms with Crippen LogP contribution in [0.2, 0.25) is 0 Å². The minimum absolute atomic E-state index is 0.0229. The fraction of sp³-hybridized carbons (Fsp3) is 0.615. The fourth-order valence-corrected chi connectivity index (χ4v) is 3.82. The summed E-state index contributed by atoms with van der Waals surface area (Å²) >= 11 is 5.15. The average Bonchev–Trinajstić information content (AvgIpc) is 2.75. The van der Waals surface area contributed by atoms with Gasteiger partial charge in [0.2, 0.25) is 5.91 Å². The molecule has 1 heterocycles. The highest BCUT2D eigenvalue weighted by Gasteiger charge is 2.26. The number of hydrogen-bond acceptors (Lipinski definition) is 4. The van der Waals surface area contributed by atoms with Gasteiger partial charge < -0.3 is 11.1 Å². The zero-order valence-corrected chi connectivity index (χ0v) is 14.1. The van der Waals surface area contributed by atoms with Crippen molar-refractivity contribution < 1.29 is 4.79 Å². The number of rotatable bonds is 7. The molecule has 0 aliphatic heterocycles. The summed E-state index contributed by atoms with van der Waals surface area (Å²) < 4.78 is 1.06. The number of hydrogen-bond donors (Lipinski definition) is 2. The van der Waals surface area contributed by atoms with Crippen LogP contribution in [0.15, 0.2) is 15.9 Å². The summed E-state index contributed by atoms with van der Waals surface area (Å²) in [6.07, 6.45) is 0.993. The molecular formula is C13H22BrN3OS. The van der Waals surface area contributed by atoms with Crippen LogP contribution in [0.4, 0.5) is 0 Å². The Balaban J connectivity index is 2.95. The predicted molar refractivity (Wildman–Crippen MR) is 84.3 cm³/mol. The van der Waals surface area contributed by atoms with Gasteiger partial charge in [0.15, 0.2) is 0 Å². The van der Waals surface area contributed by atoms with Crippen LogP contribution >= 0.6 is 27.3 Å². The van der Waals surface area contributed by atoms with Crippen molar-refractivity contribution in [3.8, 4) is 0 Å². The van der Waals surface area contributed by atoms with E-state index >= 15 is 0 Å². The minimum atomic E-state index is -0.0262. The van der Waals surface area contributed by atoms with E-state index in [0.717, 1.165) is 17.4 Å². The van der Waals surface area contributed by atoms with Crippen molar-refractivity contribution in [2.24, 2.45) is 5.73 Å². The molecule has 1 aromatic rings. The Labute approximate surface area is 127 Å². The number of halogens is 1. The second-order valence-corrected chi connectivity index (χ2v) is 6.47. The Bertz CT molecular complexity index is 408. The SMILES string of the molecule is CCCN(CC(=O)NC)C(c1cc(Br)cs1)C(C)N. The van der Waals surface area contributed by atoms with Crippen molar-refractivity contribution in [2.75, 3.05) is 20.1 Å². The highest BCUT2D eigenvalue weighted by atomic mass is 79.9. The largest absolute Gasteiger partial charge is 0.358 e. The first kappa shape index (κ1) is 16.6. The summed E-state index contributed by atoms with van der Waals surface area (Å²) in [5.41, 5.74) is 6.14. The predicted octanol–water partition coefficient (Wildman–Crippen LogP) is 2.36. The number of nitrogens with one attached hydrogen (secondary N) is 1. The molecule has 2 atom stereocenters. The molecule has 108 valence electrons. The number of carbonyl (C=O) groups is 1. The lowest BCUT2D eigenvalue weighted by molar-refractivity contribution is -0.122. The van der Waals surface area contributed by atoms with E-state index in [2.05, 4.69) is 44.5 Å². The third kappa shape index (κ3) is 4.87. The lowest BCUT2D eigenvalue weighted by Gasteiger charge is -2.32. The molecule has 0 saturated carbocycles. The van der Waals surface area contributed by atoms with E-state index in [0.29, 0.717) is 6.54 Å². The molecule has 0 aliphatic rings. The van der Waals surface area contributed by atoms with Crippen LogP contribution in [-0.4, -0.2) is 37.0 Å². The van der Waals surface area contributed by atoms with Gasteiger partial charge in [0.05, 0.1) is 12.6 Å². The van der Waals surface area contributed by atoms with E-state index in [-0.39, 0.29) is 18.0 Å². The van der Waals surface area contributed by atoms with E-state index in [1.165, 1.54) is 4.88 Å². The van der Waals surface area contributed by atoms with Crippen molar-refractivity contribution in [3.63, 3.8) is 0 Å². The van der Waals surface area contributed by atoms with E-state index in [4.69, 9.17) is 5.73 Å². The monoisotopic (exact) mass is 347 g/mol. The lowest BCUT2D eigenvalue weighted by Crippen LogP contribution is -2.44. The van der Waals surface area contributed by atoms with Crippen LogP contribution in [-0.2, 0) is 4.79 Å². The maximum absolute atomic E-state index is 11.7. The summed E-state index contributed by atoms with van der Waals surface area (Å²) in [5, 5.41) is 4.73. The van der Waals surface area contributed by atoms with Crippen LogP contribution in [0.25, 0.3) is 0 Å². The van der Waals surface area contributed by atoms with Crippen LogP contribution in [0.1, 0.15) is 31.2 Å². The number of nitrogens with two attached hydrogens (primary N) is 1. The van der Waals surface area contributed by atoms with Crippen molar-refractivity contribution in [3.05, 3.63) is 20.8 Å². The molecule has 0 saturated heterocycles. The van der Waals surface area contributed by atoms with E-state index < -0.39 is 0 Å². The molecule has 4 nitrogen and oxygen atoms in total. The first-order valence-electron chi connectivity index (χ1n) is 6.43. The molecule has 0 fully saturated rings. The van der Waals surface area contributed by atoms with Crippen LogP contribution in [0, 0.1) is 0 Å². The highest BCUT2D eigenvalue weighted by Crippen LogP contribution is 2.31. The topological polar surface area (TPSA) is 58.4 Å². The van der Waals surface area contributed by atoms with Gasteiger partial charge in [-0.15, -0.1) is 11.3 Å². The Hall–Kier alpha value is -0.430. The second kappa shape index (κ2) is 7.99. The lowest BCUT2D eigenvalue weighted by atomic mass is 10.1. The summed E-state index contributed by atoms with van der Waals surface area (Å²) in [4.78, 5) is 15.0. The smallest absolute Gasteiger partial charge is 0.233 e. The fourth-order valence-electron chi connectivity index (χ4n) is 2.12. The zero-order chi connectivity index (χ0) is 14.4. The zero-order valence-electron chi connectivity index (χ0n) is 11.6. The van der Waals surface area contributed by atoms with Crippen LogP contribution in [0.3, 0.4) is 0 Å². The Kier molecular flexibility index (Phi) is 6.99. The highest BCUT2D eigenvalue weighted by molar-refractivity contribution is 9.10. The molecule has 0 aliphatic carbocycles. The molecular weight excluding hydrogens is 326 g/mol. The Morgan fingerprint density at radius 1 is 1.63 bits per heavy atom. The molecule has 0 radical (unpaired) electrons. The van der Waals surface area contributed by atoms with Crippen molar-refractivity contribution >= 4 is 33.2 Å². The minimum Gasteiger partial charge on any atom is -0.358 e. The quantitative estimate of drug-likeness (QED) is 0.795. The average molecular weight is 348 g/mol. The summed E-state index contributed by atoms with van der Waals surface area (Å²) in [7, 11) is 1.66. The molecule has 1 amide bonds. The van der Waals surface area contributed by atoms with Gasteiger partial charge in [-0.3, -0.25) is 9.69 Å². The van der Waals surface area contributed by atoms with Gasteiger partial charge >= 0.3 is 0 Å². The van der Waals surface area contributed by atoms with Crippen LogP contribution < -0.4 is 11.1 Å². The van der Waals surface area contributed by atoms with Gasteiger partial charge in [-0.25, -0.2) is 0 Å². The number of nitrogens with zero attached hydrogens (tertiary/aromatic N) is 1. The van der Waals surface area contributed by atoms with E-state index in [9.17, 15) is 4.79 Å². The van der Waals surface area contributed by atoms with Crippen molar-refractivity contribution in [1.29, 1.82) is 0 Å². The third-order valence-corrected chi connectivity index (χ3v) is 4.67. The number of amides is 1. The Morgan fingerprint density at radius 2 is 2.32 bits per heavy atom. The maximum Gasteiger partial charge on any atom is 0.233 e. The number of likely N-dealkylation sites (N-methyl/N-ethyl adjacent to an activating group) is 1. The first-order chi connectivity index (χ1) is 8.99. The Morgan fingerprint density at radius 3 is 2.74 bits per heavy atom. The number of carbonyl (C=O) groups excluding carboxylic acids is 1. The van der Waals surface area contributed by atoms with Gasteiger partial charge in [0, 0.05) is 27.8 Å². The molecule has 2 unspecified atom stereocenters. The molecule has 0 aromatic carbocycles. The first-order valence-corrected chi connectivity index (χ1v) is 8.11. The summed E-state index contributed by atoms with van der Waals surface area (Å²) in [6, 6.07) is 2.14. The van der Waals surface area contributed by atoms with Gasteiger partial charge in [0.25, 0.3) is 0 Å². The van der Waals surface area contributed by atoms with Crippen molar-refractivity contribution in [1.82, 2.24) is 10.2 Å². The van der Waals surface area contributed by atoms with Gasteiger partial charge in [-0.2, -0.15) is 0 Å². The maximum atomic E-state index is 11.7. The molecule has 19 heavy (non-hydrogen) atoms. The van der Waals surface area contributed by atoms with Crippen LogP contribution in [0.5, 0.6) is 0 Å². The molecule has 1 rings (SSSR count). The third-order valence-electron chi connectivity index (χ3n) is 2.91. The van der Waals surface area contributed by atoms with Gasteiger partial charge in [0.1, 0.15) is 0 Å². The summed E-state index contributed by atoms with van der Waals surface area (Å²) in [5.74, 6) is 0.0229. The molecule has 0 spiro atoms. The molecule has 0 bridgehead atoms.